The molecule has 6 rings (SSSR count). The van der Waals surface area contributed by atoms with Crippen LogP contribution in [-0.2, 0) is 25.5 Å². The van der Waals surface area contributed by atoms with Gasteiger partial charge >= 0.3 is 11.9 Å². The van der Waals surface area contributed by atoms with Crippen molar-refractivity contribution in [3.05, 3.63) is 96.5 Å². The van der Waals surface area contributed by atoms with E-state index in [1.807, 2.05) is 19.1 Å². The number of hydrogen-bond acceptors (Lipinski definition) is 6. The summed E-state index contributed by atoms with van der Waals surface area (Å²) in [6, 6.07) is 0. The van der Waals surface area contributed by atoms with Crippen LogP contribution in [0.25, 0.3) is 29.9 Å². The van der Waals surface area contributed by atoms with E-state index in [1.54, 1.807) is 0 Å². The van der Waals surface area contributed by atoms with Crippen LogP contribution in [0.5, 0.6) is 0 Å². The van der Waals surface area contributed by atoms with E-state index in [0.717, 1.165) is 86.6 Å². The minimum Gasteiger partial charge on any atom is -0.468 e. The first-order valence-corrected chi connectivity index (χ1v) is 20.5. The first kappa shape index (κ1) is 40.6. The van der Waals surface area contributed by atoms with E-state index < -0.39 is 11.9 Å². The third kappa shape index (κ3) is 7.69. The molecule has 56 heavy (non-hydrogen) atoms. The van der Waals surface area contributed by atoms with Gasteiger partial charge in [0.1, 0.15) is 12.5 Å². The van der Waals surface area contributed by atoms with Gasteiger partial charge in [-0.2, -0.15) is 0 Å². The molecule has 1 fully saturated rings. The molecule has 0 spiro atoms. The molecule has 9 nitrogen and oxygen atoms in total. The Hall–Kier alpha value is -5.05. The van der Waals surface area contributed by atoms with E-state index in [-0.39, 0.29) is 36.6 Å². The maximum atomic E-state index is 14.3. The number of carbonyl (C=O) groups excluding carboxylic acids is 3. The third-order valence-corrected chi connectivity index (χ3v) is 12.5. The summed E-state index contributed by atoms with van der Waals surface area (Å²) in [4.78, 5) is 52.0. The van der Waals surface area contributed by atoms with Crippen molar-refractivity contribution >= 4 is 47.6 Å². The van der Waals surface area contributed by atoms with Crippen LogP contribution in [0.3, 0.4) is 0 Å². The summed E-state index contributed by atoms with van der Waals surface area (Å²) in [6.07, 6.45) is 17.5. The lowest BCUT2D eigenvalue weighted by molar-refractivity contribution is -0.143. The zero-order chi connectivity index (χ0) is 40.4. The lowest BCUT2D eigenvalue weighted by atomic mass is 9.85. The van der Waals surface area contributed by atoms with Gasteiger partial charge in [0, 0.05) is 74.1 Å². The highest BCUT2D eigenvalue weighted by atomic mass is 16.5. The van der Waals surface area contributed by atoms with Crippen molar-refractivity contribution in [2.45, 2.75) is 107 Å². The predicted octanol–water partition coefficient (Wildman–Crippen LogP) is 8.24. The number of methoxy groups -OCH3 is 1. The first-order chi connectivity index (χ1) is 26.8. The highest BCUT2D eigenvalue weighted by Crippen LogP contribution is 2.48. The molecule has 5 heterocycles. The fourth-order valence-electron chi connectivity index (χ4n) is 9.09. The number of allylic oxidation sites excluding steroid dienone is 3. The Morgan fingerprint density at radius 3 is 2.38 bits per heavy atom. The highest BCUT2D eigenvalue weighted by Gasteiger charge is 2.48. The number of hydrogen-bond donors (Lipinski definition) is 4. The van der Waals surface area contributed by atoms with Gasteiger partial charge in [-0.3, -0.25) is 14.4 Å². The number of carbonyl (C=O) groups is 3. The number of aromatic nitrogens is 3. The second-order valence-electron chi connectivity index (χ2n) is 16.1. The van der Waals surface area contributed by atoms with Gasteiger partial charge in [0.2, 0.25) is 0 Å². The molecule has 4 N–H and O–H groups in total. The number of ketones is 1. The minimum atomic E-state index is -1.14. The van der Waals surface area contributed by atoms with Crippen molar-refractivity contribution in [3.8, 4) is 0 Å². The minimum absolute atomic E-state index is 0.0834. The van der Waals surface area contributed by atoms with Gasteiger partial charge in [0.25, 0.3) is 0 Å². The predicted molar refractivity (Wildman–Crippen MR) is 225 cm³/mol. The standard InChI is InChI=1S/C47H60N4O5/c1-11-15-25(4)16-14-17-26(5)20-21-56-40(52)19-18-33-29(8)36-22-34-27(6)31(12-2)38(48-34)23-35-28(7)32(13-3)39(49-35)24-37-30(9)41-45(51-37)42(44(33)50-36)43(46(41)53)47(54)55-10/h12,20,22-25,29,33,43,48-51H,2,11,13-19,21H2,1,3-10H3/b26-20-,35-23-,36-22-,39-24-,44-42-/t25-,29+,33+,43-/m1/s1. The van der Waals surface area contributed by atoms with Crippen molar-refractivity contribution in [1.82, 2.24) is 20.3 Å². The zero-order valence-electron chi connectivity index (χ0n) is 34.8. The maximum absolute atomic E-state index is 14.3. The summed E-state index contributed by atoms with van der Waals surface area (Å²) in [6.45, 7) is 21.4. The van der Waals surface area contributed by atoms with Crippen molar-refractivity contribution in [3.63, 3.8) is 0 Å². The van der Waals surface area contributed by atoms with Gasteiger partial charge in [-0.25, -0.2) is 0 Å². The molecule has 9 heteroatoms. The van der Waals surface area contributed by atoms with Crippen LogP contribution < -0.4 is 16.0 Å². The number of H-pyrrole nitrogens is 3. The van der Waals surface area contributed by atoms with Crippen LogP contribution in [-0.4, -0.2) is 46.4 Å². The average Bonchev–Trinajstić information content (AvgIpc) is 3.91. The van der Waals surface area contributed by atoms with Crippen LogP contribution in [0.1, 0.15) is 141 Å². The van der Waals surface area contributed by atoms with Gasteiger partial charge in [-0.1, -0.05) is 65.2 Å². The smallest absolute Gasteiger partial charge is 0.321 e. The zero-order valence-corrected chi connectivity index (χ0v) is 34.8. The van der Waals surface area contributed by atoms with Crippen molar-refractivity contribution in [2.24, 2.45) is 23.7 Å². The lowest BCUT2D eigenvalue weighted by Crippen LogP contribution is -2.25. The fourth-order valence-corrected chi connectivity index (χ4v) is 9.09. The average molecular weight is 761 g/mol. The number of rotatable bonds is 14. The molecule has 0 saturated carbocycles. The third-order valence-electron chi connectivity index (χ3n) is 12.5. The lowest BCUT2D eigenvalue weighted by Gasteiger charge is -2.19. The molecular weight excluding hydrogens is 701 g/mol. The van der Waals surface area contributed by atoms with Gasteiger partial charge < -0.3 is 29.7 Å². The number of Topliss-reactive ketones (excluding diaryl/α,β-unsaturated/α-hetero) is 1. The molecule has 0 amide bonds. The van der Waals surface area contributed by atoms with E-state index >= 15 is 0 Å². The molecule has 4 atom stereocenters. The van der Waals surface area contributed by atoms with Crippen molar-refractivity contribution in [2.75, 3.05) is 13.7 Å². The molecule has 1 saturated heterocycles. The molecule has 3 aliphatic rings. The number of nitrogens with one attached hydrogen (secondary N) is 4. The Bertz CT molecular complexity index is 2270. The number of aromatic amines is 3. The van der Waals surface area contributed by atoms with Gasteiger partial charge in [0.15, 0.2) is 5.78 Å². The molecule has 0 radical (unpaired) electrons. The van der Waals surface area contributed by atoms with E-state index in [1.165, 1.54) is 37.5 Å². The Balaban J connectivity index is 1.42. The van der Waals surface area contributed by atoms with Gasteiger partial charge in [-0.15, -0.1) is 0 Å². The van der Waals surface area contributed by atoms with Crippen LogP contribution >= 0.6 is 0 Å². The van der Waals surface area contributed by atoms with E-state index in [4.69, 9.17) is 9.47 Å². The molecule has 2 aliphatic heterocycles. The molecule has 3 aromatic heterocycles. The fraction of sp³-hybridized carbons (Fsp3) is 0.468. The number of esters is 2. The second kappa shape index (κ2) is 17.0. The summed E-state index contributed by atoms with van der Waals surface area (Å²) < 4.78 is 11.0. The van der Waals surface area contributed by atoms with E-state index in [0.29, 0.717) is 23.3 Å². The molecule has 298 valence electrons. The first-order valence-electron chi connectivity index (χ1n) is 20.5. The number of ether oxygens (including phenoxy) is 2. The Labute approximate surface area is 331 Å². The topological polar surface area (TPSA) is 129 Å². The molecule has 3 aromatic rings. The maximum Gasteiger partial charge on any atom is 0.321 e. The monoisotopic (exact) mass is 760 g/mol. The normalized spacial score (nSPS) is 22.7. The summed E-state index contributed by atoms with van der Waals surface area (Å²) in [5.41, 5.74) is 12.5. The van der Waals surface area contributed by atoms with E-state index in [9.17, 15) is 14.4 Å². The highest BCUT2D eigenvalue weighted by molar-refractivity contribution is 6.24. The Morgan fingerprint density at radius 2 is 1.68 bits per heavy atom. The van der Waals surface area contributed by atoms with Gasteiger partial charge in [-0.05, 0) is 106 Å². The van der Waals surface area contributed by atoms with Crippen molar-refractivity contribution < 1.29 is 23.9 Å². The Morgan fingerprint density at radius 1 is 0.946 bits per heavy atom. The van der Waals surface area contributed by atoms with Crippen LogP contribution in [0.15, 0.2) is 29.6 Å². The SMILES string of the molecule is C=Cc1c2[nH]c(c1C)/C=C1\N/C(=C3\c4[nH]c(c(C)c4C(=O)[C@@H]3C(=O)OC)/C=c3\[nH]/c(c(C)c3CC)=C\2)[C@@H](CCC(=O)OC/C=C(/C)CCC[C@H](C)CCC)[C@@H]1C. The molecular formula is C47H60N4O5. The van der Waals surface area contributed by atoms with Gasteiger partial charge in [0.05, 0.1) is 12.8 Å². The number of fused-ring (bicyclic) bond motifs is 7. The van der Waals surface area contributed by atoms with E-state index in [2.05, 4.69) is 93.5 Å². The Kier molecular flexibility index (Phi) is 12.3. The quantitative estimate of drug-likeness (QED) is 0.0745. The van der Waals surface area contributed by atoms with Crippen LogP contribution in [0.4, 0.5) is 0 Å². The molecule has 8 bridgehead atoms. The second-order valence-corrected chi connectivity index (χ2v) is 16.1. The summed E-state index contributed by atoms with van der Waals surface area (Å²) in [7, 11) is 1.32. The molecule has 0 unspecified atom stereocenters. The summed E-state index contributed by atoms with van der Waals surface area (Å²) >= 11 is 0. The largest absolute Gasteiger partial charge is 0.468 e. The van der Waals surface area contributed by atoms with Crippen molar-refractivity contribution in [1.29, 1.82) is 0 Å². The van der Waals surface area contributed by atoms with Crippen LogP contribution in [0, 0.1) is 44.4 Å². The van der Waals surface area contributed by atoms with Crippen LogP contribution in [0.2, 0.25) is 0 Å². The molecule has 0 aromatic carbocycles. The summed E-state index contributed by atoms with van der Waals surface area (Å²) in [5.74, 6) is -1.88. The summed E-state index contributed by atoms with van der Waals surface area (Å²) in [5, 5.41) is 5.64. The molecule has 1 aliphatic carbocycles.